The molecule has 1 aromatic heterocycles. The maximum absolute atomic E-state index is 12.6. The summed E-state index contributed by atoms with van der Waals surface area (Å²) in [5, 5.41) is 15.0. The SMILES string of the molecule is O=C(O)c1cc(-c2cc(C(F)F)ccc2Cl)n[nH]1. The number of aromatic nitrogens is 2. The number of carbonyl (C=O) groups is 1. The maximum atomic E-state index is 12.6. The minimum atomic E-state index is -2.63. The molecule has 94 valence electrons. The third-order valence-corrected chi connectivity index (χ3v) is 2.66. The molecule has 0 bridgehead atoms. The van der Waals surface area contributed by atoms with E-state index >= 15 is 0 Å². The fourth-order valence-corrected chi connectivity index (χ4v) is 1.66. The molecule has 0 atom stereocenters. The van der Waals surface area contributed by atoms with Gasteiger partial charge in [0.15, 0.2) is 0 Å². The molecule has 1 heterocycles. The third-order valence-electron chi connectivity index (χ3n) is 2.33. The number of halogens is 3. The van der Waals surface area contributed by atoms with E-state index in [2.05, 4.69) is 10.2 Å². The van der Waals surface area contributed by atoms with Crippen LogP contribution in [-0.4, -0.2) is 21.3 Å². The summed E-state index contributed by atoms with van der Waals surface area (Å²) < 4.78 is 25.1. The minimum Gasteiger partial charge on any atom is -0.477 e. The molecule has 2 N–H and O–H groups in total. The summed E-state index contributed by atoms with van der Waals surface area (Å²) in [6.45, 7) is 0. The van der Waals surface area contributed by atoms with Gasteiger partial charge in [0.2, 0.25) is 0 Å². The Morgan fingerprint density at radius 3 is 2.67 bits per heavy atom. The number of nitrogens with one attached hydrogen (secondary N) is 1. The van der Waals surface area contributed by atoms with E-state index in [-0.39, 0.29) is 27.5 Å². The first-order chi connectivity index (χ1) is 8.49. The number of aromatic amines is 1. The molecule has 0 saturated carbocycles. The van der Waals surface area contributed by atoms with Crippen molar-refractivity contribution in [2.24, 2.45) is 0 Å². The maximum Gasteiger partial charge on any atom is 0.353 e. The lowest BCUT2D eigenvalue weighted by Crippen LogP contribution is -1.95. The molecule has 18 heavy (non-hydrogen) atoms. The number of carboxylic acid groups (broad SMARTS) is 1. The average Bonchev–Trinajstić information content (AvgIpc) is 2.78. The summed E-state index contributed by atoms with van der Waals surface area (Å²) in [6.07, 6.45) is -2.63. The average molecular weight is 273 g/mol. The number of H-pyrrole nitrogens is 1. The van der Waals surface area contributed by atoms with Gasteiger partial charge in [-0.1, -0.05) is 17.7 Å². The molecule has 0 aliphatic heterocycles. The van der Waals surface area contributed by atoms with Crippen molar-refractivity contribution in [1.29, 1.82) is 0 Å². The van der Waals surface area contributed by atoms with Crippen LogP contribution in [0.4, 0.5) is 8.78 Å². The molecule has 0 aliphatic rings. The molecule has 0 aliphatic carbocycles. The van der Waals surface area contributed by atoms with E-state index in [1.807, 2.05) is 0 Å². The van der Waals surface area contributed by atoms with E-state index in [4.69, 9.17) is 16.7 Å². The van der Waals surface area contributed by atoms with Crippen LogP contribution in [0.25, 0.3) is 11.3 Å². The highest BCUT2D eigenvalue weighted by atomic mass is 35.5. The highest BCUT2D eigenvalue weighted by molar-refractivity contribution is 6.33. The van der Waals surface area contributed by atoms with Gasteiger partial charge in [0.1, 0.15) is 5.69 Å². The Labute approximate surface area is 105 Å². The highest BCUT2D eigenvalue weighted by Gasteiger charge is 2.15. The zero-order chi connectivity index (χ0) is 13.3. The fraction of sp³-hybridized carbons (Fsp3) is 0.0909. The molecule has 0 radical (unpaired) electrons. The Balaban J connectivity index is 2.48. The standard InChI is InChI=1S/C11H7ClF2N2O2/c12-7-2-1-5(10(13)14)3-6(7)8-4-9(11(17)18)16-15-8/h1-4,10H,(H,15,16)(H,17,18). The zero-order valence-corrected chi connectivity index (χ0v) is 9.58. The molecule has 0 amide bonds. The lowest BCUT2D eigenvalue weighted by molar-refractivity contribution is 0.0690. The summed E-state index contributed by atoms with van der Waals surface area (Å²) >= 11 is 5.88. The molecule has 0 spiro atoms. The van der Waals surface area contributed by atoms with Crippen molar-refractivity contribution in [1.82, 2.24) is 10.2 Å². The summed E-state index contributed by atoms with van der Waals surface area (Å²) in [7, 11) is 0. The van der Waals surface area contributed by atoms with Crippen molar-refractivity contribution < 1.29 is 18.7 Å². The molecule has 0 fully saturated rings. The number of hydrogen-bond acceptors (Lipinski definition) is 2. The molecule has 7 heteroatoms. The number of hydrogen-bond donors (Lipinski definition) is 2. The summed E-state index contributed by atoms with van der Waals surface area (Å²) in [4.78, 5) is 10.7. The normalized spacial score (nSPS) is 10.9. The van der Waals surface area contributed by atoms with Crippen LogP contribution in [0.1, 0.15) is 22.5 Å². The minimum absolute atomic E-state index is 0.136. The lowest BCUT2D eigenvalue weighted by Gasteiger charge is -2.04. The number of alkyl halides is 2. The van der Waals surface area contributed by atoms with Crippen LogP contribution >= 0.6 is 11.6 Å². The van der Waals surface area contributed by atoms with Crippen LogP contribution in [0.15, 0.2) is 24.3 Å². The molecule has 0 unspecified atom stereocenters. The van der Waals surface area contributed by atoms with E-state index < -0.39 is 12.4 Å². The van der Waals surface area contributed by atoms with Crippen LogP contribution in [0.5, 0.6) is 0 Å². The topological polar surface area (TPSA) is 66.0 Å². The molecule has 4 nitrogen and oxygen atoms in total. The summed E-state index contributed by atoms with van der Waals surface area (Å²) in [5.41, 5.74) is 0.135. The highest BCUT2D eigenvalue weighted by Crippen LogP contribution is 2.31. The monoisotopic (exact) mass is 272 g/mol. The lowest BCUT2D eigenvalue weighted by atomic mass is 10.1. The van der Waals surface area contributed by atoms with Gasteiger partial charge < -0.3 is 5.11 Å². The molecular formula is C11H7ClF2N2O2. The first kappa shape index (κ1) is 12.5. The number of rotatable bonds is 3. The van der Waals surface area contributed by atoms with Crippen molar-refractivity contribution in [2.75, 3.05) is 0 Å². The molecular weight excluding hydrogens is 266 g/mol. The predicted molar refractivity (Wildman–Crippen MR) is 61.0 cm³/mol. The van der Waals surface area contributed by atoms with Crippen molar-refractivity contribution >= 4 is 17.6 Å². The van der Waals surface area contributed by atoms with E-state index in [1.54, 1.807) is 0 Å². The fourth-order valence-electron chi connectivity index (χ4n) is 1.44. The van der Waals surface area contributed by atoms with E-state index in [0.29, 0.717) is 0 Å². The first-order valence-corrected chi connectivity index (χ1v) is 5.23. The Morgan fingerprint density at radius 1 is 1.39 bits per heavy atom. The van der Waals surface area contributed by atoms with Gasteiger partial charge in [-0.25, -0.2) is 13.6 Å². The van der Waals surface area contributed by atoms with Gasteiger partial charge in [-0.15, -0.1) is 0 Å². The number of benzene rings is 1. The zero-order valence-electron chi connectivity index (χ0n) is 8.82. The largest absolute Gasteiger partial charge is 0.477 e. The van der Waals surface area contributed by atoms with Gasteiger partial charge >= 0.3 is 5.97 Å². The van der Waals surface area contributed by atoms with Gasteiger partial charge in [0, 0.05) is 11.1 Å². The van der Waals surface area contributed by atoms with Crippen molar-refractivity contribution in [3.8, 4) is 11.3 Å². The number of nitrogens with zero attached hydrogens (tertiary/aromatic N) is 1. The van der Waals surface area contributed by atoms with Crippen LogP contribution in [0.2, 0.25) is 5.02 Å². The molecule has 1 aromatic carbocycles. The van der Waals surface area contributed by atoms with Crippen molar-refractivity contribution in [3.63, 3.8) is 0 Å². The Kier molecular flexibility index (Phi) is 3.29. The smallest absolute Gasteiger partial charge is 0.353 e. The third kappa shape index (κ3) is 2.33. The van der Waals surface area contributed by atoms with Crippen LogP contribution in [0, 0.1) is 0 Å². The van der Waals surface area contributed by atoms with Crippen molar-refractivity contribution in [2.45, 2.75) is 6.43 Å². The van der Waals surface area contributed by atoms with Gasteiger partial charge in [0.05, 0.1) is 10.7 Å². The second kappa shape index (κ2) is 4.73. The molecule has 2 aromatic rings. The van der Waals surface area contributed by atoms with Gasteiger partial charge in [0.25, 0.3) is 6.43 Å². The first-order valence-electron chi connectivity index (χ1n) is 4.85. The van der Waals surface area contributed by atoms with E-state index in [9.17, 15) is 13.6 Å². The Hall–Kier alpha value is -1.95. The van der Waals surface area contributed by atoms with Crippen LogP contribution in [0.3, 0.4) is 0 Å². The van der Waals surface area contributed by atoms with E-state index in [0.717, 1.165) is 0 Å². The second-order valence-corrected chi connectivity index (χ2v) is 3.92. The van der Waals surface area contributed by atoms with Gasteiger partial charge in [-0.05, 0) is 18.2 Å². The predicted octanol–water partition coefficient (Wildman–Crippen LogP) is 3.37. The summed E-state index contributed by atoms with van der Waals surface area (Å²) in [5.74, 6) is -1.19. The van der Waals surface area contributed by atoms with Gasteiger partial charge in [-0.2, -0.15) is 5.10 Å². The summed E-state index contributed by atoms with van der Waals surface area (Å²) in [6, 6.07) is 4.96. The van der Waals surface area contributed by atoms with Crippen LogP contribution in [-0.2, 0) is 0 Å². The van der Waals surface area contributed by atoms with Crippen LogP contribution < -0.4 is 0 Å². The second-order valence-electron chi connectivity index (χ2n) is 3.51. The van der Waals surface area contributed by atoms with Crippen molar-refractivity contribution in [3.05, 3.63) is 40.5 Å². The number of aromatic carboxylic acids is 1. The molecule has 0 saturated heterocycles. The Morgan fingerprint density at radius 2 is 2.11 bits per heavy atom. The van der Waals surface area contributed by atoms with Gasteiger partial charge in [-0.3, -0.25) is 5.10 Å². The van der Waals surface area contributed by atoms with E-state index in [1.165, 1.54) is 24.3 Å². The molecule has 2 rings (SSSR count). The quantitative estimate of drug-likeness (QED) is 0.900. The number of carboxylic acids is 1. The Bertz CT molecular complexity index is 598.